The zero-order valence-electron chi connectivity index (χ0n) is 10.6. The van der Waals surface area contributed by atoms with Crippen LogP contribution in [-0.4, -0.2) is 31.6 Å². The zero-order chi connectivity index (χ0) is 13.9. The molecular formula is C13H13N5O2. The van der Waals surface area contributed by atoms with E-state index in [4.69, 9.17) is 15.4 Å². The number of aliphatic hydroxyl groups excluding tert-OH is 1. The molecule has 2 heterocycles. The number of anilines is 1. The van der Waals surface area contributed by atoms with Crippen molar-refractivity contribution in [1.29, 1.82) is 0 Å². The van der Waals surface area contributed by atoms with Gasteiger partial charge in [-0.05, 0) is 12.1 Å². The molecule has 0 bridgehead atoms. The molecule has 0 radical (unpaired) electrons. The predicted octanol–water partition coefficient (Wildman–Crippen LogP) is 1.04. The summed E-state index contributed by atoms with van der Waals surface area (Å²) in [6, 6.07) is 9.53. The van der Waals surface area contributed by atoms with Gasteiger partial charge in [-0.15, -0.1) is 0 Å². The Bertz CT molecular complexity index is 705. The number of nitrogens with zero attached hydrogens (tertiary/aromatic N) is 4. The van der Waals surface area contributed by atoms with Gasteiger partial charge in [0.15, 0.2) is 5.82 Å². The van der Waals surface area contributed by atoms with Crippen molar-refractivity contribution in [3.05, 3.63) is 42.4 Å². The van der Waals surface area contributed by atoms with E-state index in [0.717, 1.165) is 5.69 Å². The molecular weight excluding hydrogens is 258 g/mol. The van der Waals surface area contributed by atoms with E-state index in [-0.39, 0.29) is 6.61 Å². The standard InChI is InChI=1S/C13H13N5O2/c14-12-10(13-16-11(6-7-19)17-20-13)8-15-18(12)9-4-2-1-3-5-9/h1-5,8,19H,6-7,14H2. The second-order valence-electron chi connectivity index (χ2n) is 4.18. The molecule has 1 aromatic carbocycles. The highest BCUT2D eigenvalue weighted by Gasteiger charge is 2.16. The number of hydrogen-bond donors (Lipinski definition) is 2. The third-order valence-electron chi connectivity index (χ3n) is 2.84. The summed E-state index contributed by atoms with van der Waals surface area (Å²) in [7, 11) is 0. The summed E-state index contributed by atoms with van der Waals surface area (Å²) in [4.78, 5) is 4.17. The Balaban J connectivity index is 1.97. The minimum Gasteiger partial charge on any atom is -0.396 e. The minimum absolute atomic E-state index is 0.0300. The first-order chi connectivity index (χ1) is 9.79. The molecule has 3 N–H and O–H groups in total. The van der Waals surface area contributed by atoms with Gasteiger partial charge in [-0.2, -0.15) is 10.1 Å². The van der Waals surface area contributed by atoms with Crippen molar-refractivity contribution in [2.45, 2.75) is 6.42 Å². The molecule has 0 spiro atoms. The molecule has 3 rings (SSSR count). The van der Waals surface area contributed by atoms with E-state index in [0.29, 0.717) is 29.5 Å². The monoisotopic (exact) mass is 271 g/mol. The second-order valence-corrected chi connectivity index (χ2v) is 4.18. The van der Waals surface area contributed by atoms with Gasteiger partial charge in [-0.25, -0.2) is 4.68 Å². The number of para-hydroxylation sites is 1. The van der Waals surface area contributed by atoms with Crippen LogP contribution in [0.2, 0.25) is 0 Å². The fraction of sp³-hybridized carbons (Fsp3) is 0.154. The Morgan fingerprint density at radius 3 is 2.80 bits per heavy atom. The SMILES string of the molecule is Nc1c(-c2nc(CCO)no2)cnn1-c1ccccc1. The predicted molar refractivity (Wildman–Crippen MR) is 72.1 cm³/mol. The number of aliphatic hydroxyl groups is 1. The van der Waals surface area contributed by atoms with Gasteiger partial charge in [0.25, 0.3) is 5.89 Å². The van der Waals surface area contributed by atoms with E-state index in [2.05, 4.69) is 15.2 Å². The van der Waals surface area contributed by atoms with Crippen LogP contribution in [0.1, 0.15) is 5.82 Å². The van der Waals surface area contributed by atoms with Crippen molar-refractivity contribution in [1.82, 2.24) is 19.9 Å². The zero-order valence-corrected chi connectivity index (χ0v) is 10.6. The summed E-state index contributed by atoms with van der Waals surface area (Å²) in [5.74, 6) is 1.16. The van der Waals surface area contributed by atoms with Crippen LogP contribution in [0.4, 0.5) is 5.82 Å². The molecule has 7 nitrogen and oxygen atoms in total. The summed E-state index contributed by atoms with van der Waals surface area (Å²) >= 11 is 0. The van der Waals surface area contributed by atoms with E-state index in [1.807, 2.05) is 30.3 Å². The lowest BCUT2D eigenvalue weighted by Crippen LogP contribution is -2.01. The number of nitrogens with two attached hydrogens (primary N) is 1. The number of rotatable bonds is 4. The first kappa shape index (κ1) is 12.4. The maximum absolute atomic E-state index is 8.84. The fourth-order valence-corrected chi connectivity index (χ4v) is 1.86. The molecule has 7 heteroatoms. The Labute approximate surface area is 114 Å². The van der Waals surface area contributed by atoms with Gasteiger partial charge in [0.05, 0.1) is 18.5 Å². The van der Waals surface area contributed by atoms with Crippen LogP contribution in [-0.2, 0) is 6.42 Å². The van der Waals surface area contributed by atoms with Gasteiger partial charge in [0.2, 0.25) is 0 Å². The molecule has 0 amide bonds. The van der Waals surface area contributed by atoms with Crippen molar-refractivity contribution in [2.24, 2.45) is 0 Å². The van der Waals surface area contributed by atoms with Crippen molar-refractivity contribution in [3.63, 3.8) is 0 Å². The third kappa shape index (κ3) is 2.14. The van der Waals surface area contributed by atoms with Crippen LogP contribution in [0.25, 0.3) is 17.1 Å². The number of hydrogen-bond acceptors (Lipinski definition) is 6. The smallest absolute Gasteiger partial charge is 0.263 e. The molecule has 0 aliphatic heterocycles. The molecule has 0 fully saturated rings. The van der Waals surface area contributed by atoms with Gasteiger partial charge in [-0.3, -0.25) is 0 Å². The molecule has 0 saturated carbocycles. The molecule has 2 aromatic heterocycles. The minimum atomic E-state index is -0.0300. The summed E-state index contributed by atoms with van der Waals surface area (Å²) in [5.41, 5.74) is 7.50. The molecule has 0 atom stereocenters. The summed E-state index contributed by atoms with van der Waals surface area (Å²) < 4.78 is 6.73. The van der Waals surface area contributed by atoms with E-state index in [1.54, 1.807) is 10.9 Å². The average molecular weight is 271 g/mol. The topological polar surface area (TPSA) is 103 Å². The third-order valence-corrected chi connectivity index (χ3v) is 2.84. The largest absolute Gasteiger partial charge is 0.396 e. The first-order valence-electron chi connectivity index (χ1n) is 6.12. The average Bonchev–Trinajstić information content (AvgIpc) is 3.07. The van der Waals surface area contributed by atoms with Gasteiger partial charge in [-0.1, -0.05) is 23.4 Å². The molecule has 0 unspecified atom stereocenters. The van der Waals surface area contributed by atoms with Crippen LogP contribution in [0.5, 0.6) is 0 Å². The van der Waals surface area contributed by atoms with Crippen molar-refractivity contribution in [2.75, 3.05) is 12.3 Å². The van der Waals surface area contributed by atoms with Gasteiger partial charge >= 0.3 is 0 Å². The van der Waals surface area contributed by atoms with Crippen LogP contribution < -0.4 is 5.73 Å². The van der Waals surface area contributed by atoms with E-state index in [1.165, 1.54) is 0 Å². The summed E-state index contributed by atoms with van der Waals surface area (Å²) in [5, 5.41) is 16.8. The Kier molecular flexibility index (Phi) is 3.18. The lowest BCUT2D eigenvalue weighted by molar-refractivity contribution is 0.293. The van der Waals surface area contributed by atoms with Crippen LogP contribution in [0.15, 0.2) is 41.1 Å². The molecule has 0 saturated heterocycles. The van der Waals surface area contributed by atoms with E-state index < -0.39 is 0 Å². The van der Waals surface area contributed by atoms with Crippen molar-refractivity contribution >= 4 is 5.82 Å². The molecule has 0 aliphatic carbocycles. The Morgan fingerprint density at radius 2 is 2.05 bits per heavy atom. The lowest BCUT2D eigenvalue weighted by atomic mass is 10.3. The van der Waals surface area contributed by atoms with Crippen LogP contribution in [0.3, 0.4) is 0 Å². The quantitative estimate of drug-likeness (QED) is 0.735. The molecule has 0 aliphatic rings. The van der Waals surface area contributed by atoms with E-state index in [9.17, 15) is 0 Å². The summed E-state index contributed by atoms with van der Waals surface area (Å²) in [6.07, 6.45) is 1.93. The van der Waals surface area contributed by atoms with Crippen LogP contribution >= 0.6 is 0 Å². The van der Waals surface area contributed by atoms with Crippen molar-refractivity contribution < 1.29 is 9.63 Å². The van der Waals surface area contributed by atoms with Crippen molar-refractivity contribution in [3.8, 4) is 17.1 Å². The second kappa shape index (κ2) is 5.14. The highest BCUT2D eigenvalue weighted by Crippen LogP contribution is 2.26. The van der Waals surface area contributed by atoms with E-state index >= 15 is 0 Å². The fourth-order valence-electron chi connectivity index (χ4n) is 1.86. The maximum atomic E-state index is 8.84. The Hall–Kier alpha value is -2.67. The van der Waals surface area contributed by atoms with Gasteiger partial charge in [0, 0.05) is 6.42 Å². The molecule has 20 heavy (non-hydrogen) atoms. The first-order valence-corrected chi connectivity index (χ1v) is 6.12. The number of benzene rings is 1. The van der Waals surface area contributed by atoms with Gasteiger partial charge in [0.1, 0.15) is 11.4 Å². The normalized spacial score (nSPS) is 10.8. The number of nitrogen functional groups attached to an aromatic ring is 1. The molecule has 3 aromatic rings. The lowest BCUT2D eigenvalue weighted by Gasteiger charge is -2.03. The summed E-state index contributed by atoms with van der Waals surface area (Å²) in [6.45, 7) is -0.0300. The highest BCUT2D eigenvalue weighted by molar-refractivity contribution is 5.68. The number of aromatic nitrogens is 4. The van der Waals surface area contributed by atoms with Gasteiger partial charge < -0.3 is 15.4 Å². The Morgan fingerprint density at radius 1 is 1.25 bits per heavy atom. The molecule has 102 valence electrons. The maximum Gasteiger partial charge on any atom is 0.263 e. The highest BCUT2D eigenvalue weighted by atomic mass is 16.5. The van der Waals surface area contributed by atoms with Crippen LogP contribution in [0, 0.1) is 0 Å².